The molecule has 0 bridgehead atoms. The van der Waals surface area contributed by atoms with E-state index >= 15 is 0 Å². The first-order valence-corrected chi connectivity index (χ1v) is 6.42. The minimum atomic E-state index is -0.120. The molecule has 0 unspecified atom stereocenters. The molecular formula is C12H14N2O2S. The third-order valence-corrected chi connectivity index (χ3v) is 2.93. The number of nitrogens with one attached hydrogen (secondary N) is 1. The highest BCUT2D eigenvalue weighted by atomic mass is 32.2. The van der Waals surface area contributed by atoms with Crippen molar-refractivity contribution in [1.29, 1.82) is 0 Å². The highest BCUT2D eigenvalue weighted by molar-refractivity contribution is 8.13. The molecule has 0 atom stereocenters. The highest BCUT2D eigenvalue weighted by Crippen LogP contribution is 2.23. The van der Waals surface area contributed by atoms with E-state index in [0.717, 1.165) is 30.1 Å². The lowest BCUT2D eigenvalue weighted by Gasteiger charge is -1.99. The number of unbranched alkanes of at least 4 members (excludes halogenated alkanes) is 1. The summed E-state index contributed by atoms with van der Waals surface area (Å²) in [5, 5.41) is 3.07. The first kappa shape index (κ1) is 12.0. The quantitative estimate of drug-likeness (QED) is 0.667. The Kier molecular flexibility index (Phi) is 4.03. The Labute approximate surface area is 104 Å². The second-order valence-corrected chi connectivity index (χ2v) is 4.54. The zero-order valence-electron chi connectivity index (χ0n) is 9.60. The molecule has 2 aromatic rings. The van der Waals surface area contributed by atoms with Crippen LogP contribution in [-0.2, 0) is 0 Å². The van der Waals surface area contributed by atoms with Crippen molar-refractivity contribution < 1.29 is 9.21 Å². The fraction of sp³-hybridized carbons (Fsp3) is 0.333. The average Bonchev–Trinajstić information content (AvgIpc) is 2.71. The number of thioether (sulfide) groups is 1. The molecule has 1 amide bonds. The second-order valence-electron chi connectivity index (χ2n) is 3.62. The van der Waals surface area contributed by atoms with Gasteiger partial charge in [0.15, 0.2) is 5.58 Å². The largest absolute Gasteiger partial charge is 0.431 e. The van der Waals surface area contributed by atoms with Gasteiger partial charge >= 0.3 is 0 Å². The normalized spacial score (nSPS) is 10.6. The van der Waals surface area contributed by atoms with Crippen LogP contribution in [0, 0.1) is 0 Å². The first-order valence-electron chi connectivity index (χ1n) is 5.61. The van der Waals surface area contributed by atoms with Crippen LogP contribution in [0.5, 0.6) is 0 Å². The molecule has 1 heterocycles. The molecule has 0 saturated heterocycles. The number of fused-ring (bicyclic) bond motifs is 1. The Balaban J connectivity index is 1.96. The van der Waals surface area contributed by atoms with E-state index in [-0.39, 0.29) is 5.24 Å². The Morgan fingerprint density at radius 1 is 1.47 bits per heavy atom. The molecule has 0 aliphatic heterocycles. The minimum absolute atomic E-state index is 0.120. The van der Waals surface area contributed by atoms with Crippen molar-refractivity contribution in [3.8, 4) is 0 Å². The van der Waals surface area contributed by atoms with E-state index in [0.29, 0.717) is 17.4 Å². The lowest BCUT2D eigenvalue weighted by atomic mass is 10.3. The molecule has 5 heteroatoms. The summed E-state index contributed by atoms with van der Waals surface area (Å²) < 4.78 is 5.44. The van der Waals surface area contributed by atoms with Crippen LogP contribution in [0.15, 0.2) is 33.9 Å². The van der Waals surface area contributed by atoms with Crippen molar-refractivity contribution in [1.82, 2.24) is 10.3 Å². The third-order valence-electron chi connectivity index (χ3n) is 2.25. The van der Waals surface area contributed by atoms with Gasteiger partial charge in [-0.3, -0.25) is 4.79 Å². The zero-order chi connectivity index (χ0) is 12.1. The van der Waals surface area contributed by atoms with Gasteiger partial charge in [0.25, 0.3) is 10.5 Å². The van der Waals surface area contributed by atoms with Gasteiger partial charge in [0, 0.05) is 18.3 Å². The fourth-order valence-electron chi connectivity index (χ4n) is 1.38. The highest BCUT2D eigenvalue weighted by Gasteiger charge is 2.10. The van der Waals surface area contributed by atoms with E-state index in [1.165, 1.54) is 0 Å². The Bertz CT molecular complexity index is 477. The van der Waals surface area contributed by atoms with Crippen molar-refractivity contribution in [3.63, 3.8) is 0 Å². The van der Waals surface area contributed by atoms with Gasteiger partial charge in [-0.15, -0.1) is 0 Å². The molecule has 1 N–H and O–H groups in total. The van der Waals surface area contributed by atoms with E-state index in [9.17, 15) is 4.79 Å². The zero-order valence-corrected chi connectivity index (χ0v) is 10.4. The predicted octanol–water partition coefficient (Wildman–Crippen LogP) is 3.43. The summed E-state index contributed by atoms with van der Waals surface area (Å²) in [7, 11) is 0. The topological polar surface area (TPSA) is 55.1 Å². The molecule has 0 aliphatic rings. The van der Waals surface area contributed by atoms with E-state index < -0.39 is 0 Å². The summed E-state index contributed by atoms with van der Waals surface area (Å²) in [5.74, 6) is 0. The number of oxazole rings is 1. The van der Waals surface area contributed by atoms with Crippen LogP contribution >= 0.6 is 11.8 Å². The summed E-state index contributed by atoms with van der Waals surface area (Å²) in [6.45, 7) is 2.78. The van der Waals surface area contributed by atoms with Gasteiger partial charge in [0.05, 0.1) is 0 Å². The Morgan fingerprint density at radius 2 is 2.29 bits per heavy atom. The molecule has 2 rings (SSSR count). The van der Waals surface area contributed by atoms with Crippen LogP contribution in [0.3, 0.4) is 0 Å². The van der Waals surface area contributed by atoms with Gasteiger partial charge < -0.3 is 9.73 Å². The van der Waals surface area contributed by atoms with Gasteiger partial charge in [-0.25, -0.2) is 4.98 Å². The van der Waals surface area contributed by atoms with E-state index in [4.69, 9.17) is 4.42 Å². The smallest absolute Gasteiger partial charge is 0.288 e. The molecule has 1 aromatic heterocycles. The molecule has 90 valence electrons. The number of aromatic nitrogens is 1. The molecule has 4 nitrogen and oxygen atoms in total. The van der Waals surface area contributed by atoms with Crippen molar-refractivity contribution in [2.75, 3.05) is 6.54 Å². The van der Waals surface area contributed by atoms with E-state index in [2.05, 4.69) is 17.2 Å². The van der Waals surface area contributed by atoms with Gasteiger partial charge in [0.1, 0.15) is 5.52 Å². The Hall–Kier alpha value is -1.49. The maximum atomic E-state index is 11.5. The maximum Gasteiger partial charge on any atom is 0.288 e. The number of carbonyl (C=O) groups excluding carboxylic acids is 1. The molecule has 0 saturated carbocycles. The number of hydrogen-bond acceptors (Lipinski definition) is 4. The number of para-hydroxylation sites is 2. The SMILES string of the molecule is CCCCNC(=O)Sc1nc2ccccc2o1. The predicted molar refractivity (Wildman–Crippen MR) is 68.2 cm³/mol. The molecule has 0 spiro atoms. The first-order chi connectivity index (χ1) is 8.29. The molecular weight excluding hydrogens is 236 g/mol. The van der Waals surface area contributed by atoms with Crippen molar-refractivity contribution in [3.05, 3.63) is 24.3 Å². The van der Waals surface area contributed by atoms with E-state index in [1.54, 1.807) is 0 Å². The number of hydrogen-bond donors (Lipinski definition) is 1. The monoisotopic (exact) mass is 250 g/mol. The number of benzene rings is 1. The van der Waals surface area contributed by atoms with Crippen LogP contribution in [-0.4, -0.2) is 16.8 Å². The van der Waals surface area contributed by atoms with E-state index in [1.807, 2.05) is 24.3 Å². The van der Waals surface area contributed by atoms with Crippen molar-refractivity contribution >= 4 is 28.1 Å². The maximum absolute atomic E-state index is 11.5. The average molecular weight is 250 g/mol. The van der Waals surface area contributed by atoms with Crippen LogP contribution in [0.4, 0.5) is 4.79 Å². The van der Waals surface area contributed by atoms with Crippen molar-refractivity contribution in [2.24, 2.45) is 0 Å². The van der Waals surface area contributed by atoms with Gasteiger partial charge in [0.2, 0.25) is 0 Å². The minimum Gasteiger partial charge on any atom is -0.431 e. The molecule has 0 aliphatic carbocycles. The molecule has 0 fully saturated rings. The number of carbonyl (C=O) groups is 1. The fourth-order valence-corrected chi connectivity index (χ4v) is 1.99. The van der Waals surface area contributed by atoms with Crippen LogP contribution in [0.25, 0.3) is 11.1 Å². The van der Waals surface area contributed by atoms with Crippen LogP contribution in [0.2, 0.25) is 0 Å². The summed E-state index contributed by atoms with van der Waals surface area (Å²) in [5.41, 5.74) is 1.48. The molecule has 0 radical (unpaired) electrons. The summed E-state index contributed by atoms with van der Waals surface area (Å²) in [6, 6.07) is 7.46. The van der Waals surface area contributed by atoms with Crippen LogP contribution in [0.1, 0.15) is 19.8 Å². The second kappa shape index (κ2) is 5.72. The van der Waals surface area contributed by atoms with Gasteiger partial charge in [-0.2, -0.15) is 0 Å². The van der Waals surface area contributed by atoms with Crippen molar-refractivity contribution in [2.45, 2.75) is 25.0 Å². The summed E-state index contributed by atoms with van der Waals surface area (Å²) >= 11 is 0.992. The third kappa shape index (κ3) is 3.23. The van der Waals surface area contributed by atoms with Crippen LogP contribution < -0.4 is 5.32 Å². The number of nitrogens with zero attached hydrogens (tertiary/aromatic N) is 1. The van der Waals surface area contributed by atoms with Gasteiger partial charge in [-0.1, -0.05) is 25.5 Å². The molecule has 1 aromatic carbocycles. The number of rotatable bonds is 4. The summed E-state index contributed by atoms with van der Waals surface area (Å²) in [6.07, 6.45) is 2.05. The Morgan fingerprint density at radius 3 is 3.06 bits per heavy atom. The number of amides is 1. The van der Waals surface area contributed by atoms with Gasteiger partial charge in [-0.05, 0) is 18.6 Å². The summed E-state index contributed by atoms with van der Waals surface area (Å²) in [4.78, 5) is 15.7. The lowest BCUT2D eigenvalue weighted by molar-refractivity contribution is 0.260. The standard InChI is InChI=1S/C12H14N2O2S/c1-2-3-8-13-11(15)17-12-14-9-6-4-5-7-10(9)16-12/h4-7H,2-3,8H2,1H3,(H,13,15). The lowest BCUT2D eigenvalue weighted by Crippen LogP contribution is -2.19. The molecule has 17 heavy (non-hydrogen) atoms.